The van der Waals surface area contributed by atoms with Crippen LogP contribution in [-0.4, -0.2) is 15.2 Å². The number of benzene rings is 1. The Morgan fingerprint density at radius 2 is 2.22 bits per heavy atom. The number of para-hydroxylation sites is 1. The number of anilines is 1. The SMILES string of the molecule is CCc1nc(CNc2nnc(C3Cc4ccccc4O3)o2)cs1. The molecule has 1 N–H and O–H groups in total. The summed E-state index contributed by atoms with van der Waals surface area (Å²) < 4.78 is 11.5. The number of nitrogens with zero attached hydrogens (tertiary/aromatic N) is 3. The fourth-order valence-corrected chi connectivity index (χ4v) is 3.26. The van der Waals surface area contributed by atoms with Crippen molar-refractivity contribution >= 4 is 17.4 Å². The number of rotatable bonds is 5. The largest absolute Gasteiger partial charge is 0.480 e. The highest BCUT2D eigenvalue weighted by atomic mass is 32.1. The third-order valence-electron chi connectivity index (χ3n) is 3.69. The van der Waals surface area contributed by atoms with Gasteiger partial charge in [-0.3, -0.25) is 0 Å². The van der Waals surface area contributed by atoms with Crippen LogP contribution in [-0.2, 0) is 19.4 Å². The zero-order valence-electron chi connectivity index (χ0n) is 12.7. The smallest absolute Gasteiger partial charge is 0.315 e. The molecule has 0 saturated heterocycles. The van der Waals surface area contributed by atoms with Gasteiger partial charge in [0, 0.05) is 11.8 Å². The van der Waals surface area contributed by atoms with E-state index in [4.69, 9.17) is 9.15 Å². The lowest BCUT2D eigenvalue weighted by atomic mass is 10.1. The average molecular weight is 328 g/mol. The summed E-state index contributed by atoms with van der Waals surface area (Å²) in [5, 5.41) is 14.4. The topological polar surface area (TPSA) is 73.1 Å². The first-order valence-electron chi connectivity index (χ1n) is 7.57. The highest BCUT2D eigenvalue weighted by Crippen LogP contribution is 2.36. The molecule has 0 amide bonds. The molecule has 3 aromatic rings. The van der Waals surface area contributed by atoms with Crippen molar-refractivity contribution in [2.24, 2.45) is 0 Å². The van der Waals surface area contributed by atoms with E-state index in [9.17, 15) is 0 Å². The van der Waals surface area contributed by atoms with E-state index in [2.05, 4.69) is 33.5 Å². The molecule has 1 aliphatic heterocycles. The fraction of sp³-hybridized carbons (Fsp3) is 0.312. The van der Waals surface area contributed by atoms with Gasteiger partial charge in [-0.15, -0.1) is 16.4 Å². The summed E-state index contributed by atoms with van der Waals surface area (Å²) in [6.07, 6.45) is 1.50. The maximum atomic E-state index is 5.85. The van der Waals surface area contributed by atoms with Crippen molar-refractivity contribution in [3.8, 4) is 5.75 Å². The molecule has 0 fully saturated rings. The van der Waals surface area contributed by atoms with E-state index >= 15 is 0 Å². The van der Waals surface area contributed by atoms with E-state index in [-0.39, 0.29) is 6.10 Å². The van der Waals surface area contributed by atoms with Crippen molar-refractivity contribution in [3.05, 3.63) is 51.8 Å². The van der Waals surface area contributed by atoms with Gasteiger partial charge in [-0.1, -0.05) is 30.2 Å². The second-order valence-corrected chi connectivity index (χ2v) is 6.25. The van der Waals surface area contributed by atoms with Crippen molar-refractivity contribution in [2.75, 3.05) is 5.32 Å². The molecule has 7 heteroatoms. The molecule has 1 aromatic carbocycles. The molecule has 1 atom stereocenters. The molecule has 23 heavy (non-hydrogen) atoms. The highest BCUT2D eigenvalue weighted by Gasteiger charge is 2.28. The number of thiazole rings is 1. The van der Waals surface area contributed by atoms with Gasteiger partial charge in [0.2, 0.25) is 0 Å². The predicted molar refractivity (Wildman–Crippen MR) is 86.6 cm³/mol. The van der Waals surface area contributed by atoms with Crippen LogP contribution < -0.4 is 10.1 Å². The monoisotopic (exact) mass is 328 g/mol. The van der Waals surface area contributed by atoms with Gasteiger partial charge >= 0.3 is 6.01 Å². The first-order chi connectivity index (χ1) is 11.3. The van der Waals surface area contributed by atoms with Gasteiger partial charge in [0.15, 0.2) is 6.10 Å². The summed E-state index contributed by atoms with van der Waals surface area (Å²) in [5.41, 5.74) is 2.15. The van der Waals surface area contributed by atoms with Gasteiger partial charge < -0.3 is 14.5 Å². The summed E-state index contributed by atoms with van der Waals surface area (Å²) in [4.78, 5) is 4.50. The van der Waals surface area contributed by atoms with Crippen LogP contribution in [0.4, 0.5) is 6.01 Å². The molecular weight excluding hydrogens is 312 g/mol. The standard InChI is InChI=1S/C16H16N4O2S/c1-2-14-18-11(9-23-14)8-17-16-20-19-15(22-16)13-7-10-5-3-4-6-12(10)21-13/h3-6,9,13H,2,7-8H2,1H3,(H,17,20). The molecule has 0 spiro atoms. The number of aryl methyl sites for hydroxylation is 1. The minimum absolute atomic E-state index is 0.207. The number of ether oxygens (including phenoxy) is 1. The second kappa shape index (κ2) is 6.00. The van der Waals surface area contributed by atoms with Crippen LogP contribution >= 0.6 is 11.3 Å². The van der Waals surface area contributed by atoms with E-state index < -0.39 is 0 Å². The maximum absolute atomic E-state index is 5.85. The Labute approximate surface area is 137 Å². The quantitative estimate of drug-likeness (QED) is 0.774. The fourth-order valence-electron chi connectivity index (χ4n) is 2.51. The lowest BCUT2D eigenvalue weighted by Crippen LogP contribution is -2.03. The summed E-state index contributed by atoms with van der Waals surface area (Å²) >= 11 is 1.67. The van der Waals surface area contributed by atoms with E-state index in [1.165, 1.54) is 5.56 Å². The minimum atomic E-state index is -0.207. The Kier molecular flexibility index (Phi) is 3.70. The van der Waals surface area contributed by atoms with E-state index in [1.54, 1.807) is 11.3 Å². The molecule has 1 aliphatic rings. The summed E-state index contributed by atoms with van der Waals surface area (Å²) in [5.74, 6) is 1.39. The van der Waals surface area contributed by atoms with Gasteiger partial charge in [0.1, 0.15) is 5.75 Å². The molecule has 0 aliphatic carbocycles. The Morgan fingerprint density at radius 3 is 3.04 bits per heavy atom. The Morgan fingerprint density at radius 1 is 1.30 bits per heavy atom. The van der Waals surface area contributed by atoms with Crippen molar-refractivity contribution in [1.29, 1.82) is 0 Å². The van der Waals surface area contributed by atoms with Crippen molar-refractivity contribution in [3.63, 3.8) is 0 Å². The van der Waals surface area contributed by atoms with E-state index in [0.29, 0.717) is 18.5 Å². The first-order valence-corrected chi connectivity index (χ1v) is 8.45. The molecule has 118 valence electrons. The lowest BCUT2D eigenvalue weighted by molar-refractivity contribution is 0.199. The summed E-state index contributed by atoms with van der Waals surface area (Å²) in [6, 6.07) is 8.37. The molecule has 0 bridgehead atoms. The molecule has 6 nitrogen and oxygen atoms in total. The lowest BCUT2D eigenvalue weighted by Gasteiger charge is -2.04. The van der Waals surface area contributed by atoms with Gasteiger partial charge in [0.05, 0.1) is 17.2 Å². The highest BCUT2D eigenvalue weighted by molar-refractivity contribution is 7.09. The maximum Gasteiger partial charge on any atom is 0.315 e. The van der Waals surface area contributed by atoms with E-state index in [1.807, 2.05) is 23.6 Å². The number of hydrogen-bond donors (Lipinski definition) is 1. The molecule has 4 rings (SSSR count). The number of fused-ring (bicyclic) bond motifs is 1. The number of nitrogens with one attached hydrogen (secondary N) is 1. The van der Waals surface area contributed by atoms with Crippen molar-refractivity contribution < 1.29 is 9.15 Å². The van der Waals surface area contributed by atoms with Crippen LogP contribution in [0.25, 0.3) is 0 Å². The Bertz CT molecular complexity index is 789. The summed E-state index contributed by atoms with van der Waals surface area (Å²) in [6.45, 7) is 2.67. The third-order valence-corrected chi connectivity index (χ3v) is 4.73. The molecule has 0 radical (unpaired) electrons. The summed E-state index contributed by atoms with van der Waals surface area (Å²) in [7, 11) is 0. The molecule has 2 aromatic heterocycles. The van der Waals surface area contributed by atoms with Gasteiger partial charge in [-0.05, 0) is 18.1 Å². The van der Waals surface area contributed by atoms with Gasteiger partial charge in [0.25, 0.3) is 5.89 Å². The van der Waals surface area contributed by atoms with Crippen LogP contribution in [0, 0.1) is 0 Å². The number of hydrogen-bond acceptors (Lipinski definition) is 7. The van der Waals surface area contributed by atoms with Crippen LogP contribution in [0.1, 0.15) is 35.2 Å². The molecule has 1 unspecified atom stereocenters. The first kappa shape index (κ1) is 14.2. The third kappa shape index (κ3) is 2.92. The average Bonchev–Trinajstić information content (AvgIpc) is 3.30. The number of aromatic nitrogens is 3. The predicted octanol–water partition coefficient (Wildman–Crippen LogP) is 3.38. The van der Waals surface area contributed by atoms with Crippen molar-refractivity contribution in [2.45, 2.75) is 32.4 Å². The van der Waals surface area contributed by atoms with Crippen LogP contribution in [0.2, 0.25) is 0 Å². The molecular formula is C16H16N4O2S. The Hall–Kier alpha value is -2.41. The minimum Gasteiger partial charge on any atom is -0.480 e. The zero-order chi connectivity index (χ0) is 15.6. The van der Waals surface area contributed by atoms with E-state index in [0.717, 1.165) is 29.3 Å². The second-order valence-electron chi connectivity index (χ2n) is 5.30. The van der Waals surface area contributed by atoms with Crippen LogP contribution in [0.15, 0.2) is 34.1 Å². The Balaban J connectivity index is 1.40. The van der Waals surface area contributed by atoms with Gasteiger partial charge in [-0.2, -0.15) is 0 Å². The van der Waals surface area contributed by atoms with Gasteiger partial charge in [-0.25, -0.2) is 4.98 Å². The molecule has 3 heterocycles. The van der Waals surface area contributed by atoms with Crippen LogP contribution in [0.3, 0.4) is 0 Å². The van der Waals surface area contributed by atoms with Crippen molar-refractivity contribution in [1.82, 2.24) is 15.2 Å². The van der Waals surface area contributed by atoms with Crippen LogP contribution in [0.5, 0.6) is 5.75 Å². The normalized spacial score (nSPS) is 16.1. The zero-order valence-corrected chi connectivity index (χ0v) is 13.5. The molecule has 0 saturated carbocycles.